The highest BCUT2D eigenvalue weighted by atomic mass is 32.2. The number of rotatable bonds is 4. The van der Waals surface area contributed by atoms with Gasteiger partial charge in [-0.3, -0.25) is 5.32 Å². The maximum Gasteiger partial charge on any atom is 0.412 e. The van der Waals surface area contributed by atoms with Gasteiger partial charge >= 0.3 is 12.2 Å². The van der Waals surface area contributed by atoms with Crippen molar-refractivity contribution in [2.45, 2.75) is 69.5 Å². The Labute approximate surface area is 277 Å². The summed E-state index contributed by atoms with van der Waals surface area (Å²) in [5.74, 6) is -1.24. The quantitative estimate of drug-likeness (QED) is 0.209. The number of aromatic nitrogens is 1. The predicted molar refractivity (Wildman–Crippen MR) is 176 cm³/mol. The number of benzene rings is 2. The lowest BCUT2D eigenvalue weighted by Gasteiger charge is -2.42. The van der Waals surface area contributed by atoms with E-state index >= 15 is 8.78 Å². The third kappa shape index (κ3) is 5.21. The van der Waals surface area contributed by atoms with E-state index in [4.69, 9.17) is 14.5 Å². The van der Waals surface area contributed by atoms with Crippen LogP contribution in [0.3, 0.4) is 0 Å². The van der Waals surface area contributed by atoms with Crippen LogP contribution in [-0.2, 0) is 22.7 Å². The normalized spacial score (nSPS) is 18.9. The summed E-state index contributed by atoms with van der Waals surface area (Å²) in [6.45, 7) is 6.10. The van der Waals surface area contributed by atoms with Crippen molar-refractivity contribution in [3.63, 3.8) is 0 Å². The number of hydrogen-bond acceptors (Lipinski definition) is 9. The lowest BCUT2D eigenvalue weighted by Crippen LogP contribution is -2.55. The van der Waals surface area contributed by atoms with Crippen LogP contribution in [0.5, 0.6) is 0 Å². The summed E-state index contributed by atoms with van der Waals surface area (Å²) in [5.41, 5.74) is 1.92. The molecule has 3 aliphatic heterocycles. The van der Waals surface area contributed by atoms with Crippen molar-refractivity contribution in [2.75, 3.05) is 29.6 Å². The number of carboxylic acid groups (broad SMARTS) is 1. The van der Waals surface area contributed by atoms with Gasteiger partial charge < -0.3 is 24.4 Å². The third-order valence-corrected chi connectivity index (χ3v) is 10.6. The molecule has 5 heterocycles. The summed E-state index contributed by atoms with van der Waals surface area (Å²) in [6.07, 6.45) is 1.74. The minimum Gasteiger partial charge on any atom is -0.465 e. The number of hydrogen-bond donors (Lipinski definition) is 2. The van der Waals surface area contributed by atoms with E-state index in [9.17, 15) is 20.0 Å². The molecule has 2 amide bonds. The monoisotopic (exact) mass is 679 g/mol. The summed E-state index contributed by atoms with van der Waals surface area (Å²) in [6, 6.07) is 6.60. The van der Waals surface area contributed by atoms with Crippen molar-refractivity contribution < 1.29 is 33.0 Å². The first-order chi connectivity index (χ1) is 22.4. The minimum absolute atomic E-state index is 0.00286. The topological polar surface area (TPSA) is 128 Å². The minimum atomic E-state index is -0.948. The second kappa shape index (κ2) is 11.5. The molecule has 2 saturated heterocycles. The third-order valence-electron chi connectivity index (χ3n) is 8.89. The largest absolute Gasteiger partial charge is 0.465 e. The lowest BCUT2D eigenvalue weighted by atomic mass is 9.89. The molecular weight excluding hydrogens is 649 g/mol. The number of thioether (sulfide) groups is 1. The van der Waals surface area contributed by atoms with Crippen LogP contribution < -0.4 is 10.2 Å². The van der Waals surface area contributed by atoms with Crippen molar-refractivity contribution in [2.24, 2.45) is 0 Å². The molecule has 2 unspecified atom stereocenters. The van der Waals surface area contributed by atoms with E-state index < -0.39 is 29.4 Å². The Morgan fingerprint density at radius 3 is 2.51 bits per heavy atom. The standard InChI is InChI=1S/C33H31F2N5O5S2/c1-33(2,3)45-31(41)38-30-18(10-36)25-17(7-8-21(34)29(25)47-30)24-19-13-44-14-20(19)26-22(9-23(46-4)37-28(26)27(24)35)40-15-5-6-16(40)12-39(11-15)32(42)43/h7-9,15-16H,5-6,11-14H2,1-4H3,(H,38,41)(H,42,43). The number of piperazine rings is 1. The van der Waals surface area contributed by atoms with Crippen molar-refractivity contribution in [3.8, 4) is 17.2 Å². The van der Waals surface area contributed by atoms with Crippen LogP contribution in [0.1, 0.15) is 50.3 Å². The predicted octanol–water partition coefficient (Wildman–Crippen LogP) is 7.70. The van der Waals surface area contributed by atoms with Gasteiger partial charge in [0.25, 0.3) is 0 Å². The van der Waals surface area contributed by atoms with Gasteiger partial charge in [0.05, 0.1) is 28.5 Å². The highest BCUT2D eigenvalue weighted by Crippen LogP contribution is 2.49. The number of ether oxygens (including phenoxy) is 2. The summed E-state index contributed by atoms with van der Waals surface area (Å²) in [4.78, 5) is 32.9. The van der Waals surface area contributed by atoms with E-state index in [1.165, 1.54) is 28.8 Å². The van der Waals surface area contributed by atoms with Gasteiger partial charge in [-0.05, 0) is 68.7 Å². The van der Waals surface area contributed by atoms with Crippen LogP contribution in [-0.4, -0.2) is 64.2 Å². The first kappa shape index (κ1) is 31.4. The molecule has 2 bridgehead atoms. The van der Waals surface area contributed by atoms with Gasteiger partial charge in [-0.15, -0.1) is 23.1 Å². The number of carbonyl (C=O) groups excluding carboxylic acids is 1. The maximum atomic E-state index is 17.2. The maximum absolute atomic E-state index is 17.2. The van der Waals surface area contributed by atoms with Crippen LogP contribution in [0.15, 0.2) is 23.2 Å². The van der Waals surface area contributed by atoms with Gasteiger partial charge in [0, 0.05) is 47.2 Å². The molecule has 0 spiro atoms. The van der Waals surface area contributed by atoms with Crippen LogP contribution >= 0.6 is 23.1 Å². The number of nitriles is 1. The number of amides is 2. The van der Waals surface area contributed by atoms with E-state index in [0.717, 1.165) is 35.4 Å². The Morgan fingerprint density at radius 1 is 1.17 bits per heavy atom. The van der Waals surface area contributed by atoms with Gasteiger partial charge in [0.2, 0.25) is 0 Å². The zero-order chi connectivity index (χ0) is 33.4. The number of carbonyl (C=O) groups is 2. The first-order valence-electron chi connectivity index (χ1n) is 15.1. The molecule has 10 nitrogen and oxygen atoms in total. The van der Waals surface area contributed by atoms with Crippen molar-refractivity contribution >= 4 is 67.0 Å². The van der Waals surface area contributed by atoms with Crippen molar-refractivity contribution in [1.29, 1.82) is 5.26 Å². The number of thiophene rings is 1. The fraction of sp³-hybridized carbons (Fsp3) is 0.394. The highest BCUT2D eigenvalue weighted by Gasteiger charge is 2.43. The average molecular weight is 680 g/mol. The molecular formula is C33H31F2N5O5S2. The number of anilines is 2. The van der Waals surface area contributed by atoms with Crippen LogP contribution in [0.2, 0.25) is 0 Å². The van der Waals surface area contributed by atoms with Gasteiger partial charge in [-0.2, -0.15) is 5.26 Å². The molecule has 0 saturated carbocycles. The lowest BCUT2D eigenvalue weighted by molar-refractivity contribution is 0.0636. The molecule has 2 N–H and O–H groups in total. The Bertz CT molecular complexity index is 2020. The van der Waals surface area contributed by atoms with E-state index in [0.29, 0.717) is 34.6 Å². The van der Waals surface area contributed by atoms with E-state index in [1.807, 2.05) is 12.3 Å². The molecule has 0 aliphatic carbocycles. The van der Waals surface area contributed by atoms with Crippen molar-refractivity contribution in [1.82, 2.24) is 9.88 Å². The first-order valence-corrected chi connectivity index (χ1v) is 17.2. The van der Waals surface area contributed by atoms with Crippen molar-refractivity contribution in [3.05, 3.63) is 46.5 Å². The molecule has 2 aromatic heterocycles. The van der Waals surface area contributed by atoms with Crippen LogP contribution in [0.25, 0.3) is 32.1 Å². The molecule has 2 atom stereocenters. The van der Waals surface area contributed by atoms with E-state index in [2.05, 4.69) is 16.3 Å². The number of likely N-dealkylation sites (tertiary alicyclic amines) is 1. The molecule has 244 valence electrons. The molecule has 2 aromatic carbocycles. The number of pyridine rings is 1. The zero-order valence-corrected chi connectivity index (χ0v) is 27.7. The van der Waals surface area contributed by atoms with Gasteiger partial charge in [-0.25, -0.2) is 23.4 Å². The summed E-state index contributed by atoms with van der Waals surface area (Å²) in [5, 5.41) is 24.0. The molecule has 2 fully saturated rings. The molecule has 14 heteroatoms. The number of nitrogens with zero attached hydrogens (tertiary/aromatic N) is 4. The second-order valence-corrected chi connectivity index (χ2v) is 14.7. The highest BCUT2D eigenvalue weighted by molar-refractivity contribution is 7.98. The summed E-state index contributed by atoms with van der Waals surface area (Å²) < 4.78 is 44.0. The molecule has 3 aliphatic rings. The van der Waals surface area contributed by atoms with Gasteiger partial charge in [0.1, 0.15) is 28.0 Å². The Balaban J connectivity index is 1.44. The summed E-state index contributed by atoms with van der Waals surface area (Å²) in [7, 11) is 0. The summed E-state index contributed by atoms with van der Waals surface area (Å²) >= 11 is 2.26. The molecule has 7 rings (SSSR count). The number of halogens is 2. The molecule has 47 heavy (non-hydrogen) atoms. The zero-order valence-electron chi connectivity index (χ0n) is 26.1. The van der Waals surface area contributed by atoms with E-state index in [-0.39, 0.29) is 57.0 Å². The Morgan fingerprint density at radius 2 is 1.87 bits per heavy atom. The fourth-order valence-electron chi connectivity index (χ4n) is 7.10. The van der Waals surface area contributed by atoms with Gasteiger partial charge in [0.15, 0.2) is 5.82 Å². The Kier molecular flexibility index (Phi) is 7.69. The SMILES string of the molecule is CSc1cc(N2C3CCC2CN(C(=O)O)C3)c2c3c(c(-c4ccc(F)c5sc(NC(=O)OC(C)(C)C)c(C#N)c45)c(F)c2n1)COC3. The smallest absolute Gasteiger partial charge is 0.412 e. The number of nitrogens with one attached hydrogen (secondary N) is 1. The van der Waals surface area contributed by atoms with Crippen LogP contribution in [0.4, 0.5) is 29.1 Å². The Hall–Kier alpha value is -4.19. The average Bonchev–Trinajstić information content (AvgIpc) is 3.70. The van der Waals surface area contributed by atoms with Crippen LogP contribution in [0, 0.1) is 23.0 Å². The van der Waals surface area contributed by atoms with Gasteiger partial charge in [-0.1, -0.05) is 6.07 Å². The molecule has 0 radical (unpaired) electrons. The second-order valence-electron chi connectivity index (χ2n) is 12.9. The molecule has 4 aromatic rings. The fourth-order valence-corrected chi connectivity index (χ4v) is 8.58. The number of fused-ring (bicyclic) bond motifs is 6. The van der Waals surface area contributed by atoms with E-state index in [1.54, 1.807) is 20.8 Å².